The standard InChI is InChI=1S/C17H23ClN4/c1-13(2)6-8-19-16-11-17(22-12-21-16)20-9-7-14-4-3-5-15(18)10-14/h3-5,10-13H,6-9H2,1-2H3,(H2,19,20,21,22). The third-order valence-electron chi connectivity index (χ3n) is 3.30. The maximum atomic E-state index is 5.98. The van der Waals surface area contributed by atoms with E-state index >= 15 is 0 Å². The van der Waals surface area contributed by atoms with Crippen LogP contribution in [0.5, 0.6) is 0 Å². The van der Waals surface area contributed by atoms with E-state index in [9.17, 15) is 0 Å². The second-order valence-electron chi connectivity index (χ2n) is 5.70. The number of hydrogen-bond donors (Lipinski definition) is 2. The van der Waals surface area contributed by atoms with Crippen molar-refractivity contribution in [2.24, 2.45) is 5.92 Å². The summed E-state index contributed by atoms with van der Waals surface area (Å²) in [6, 6.07) is 9.87. The maximum Gasteiger partial charge on any atom is 0.131 e. The van der Waals surface area contributed by atoms with Crippen LogP contribution in [-0.2, 0) is 6.42 Å². The van der Waals surface area contributed by atoms with Crippen molar-refractivity contribution in [3.05, 3.63) is 47.2 Å². The average molecular weight is 319 g/mol. The molecule has 0 aliphatic rings. The lowest BCUT2D eigenvalue weighted by Gasteiger charge is -2.09. The number of anilines is 2. The third-order valence-corrected chi connectivity index (χ3v) is 3.54. The topological polar surface area (TPSA) is 49.8 Å². The predicted molar refractivity (Wildman–Crippen MR) is 93.6 cm³/mol. The summed E-state index contributed by atoms with van der Waals surface area (Å²) in [7, 11) is 0. The van der Waals surface area contributed by atoms with Gasteiger partial charge in [0.2, 0.25) is 0 Å². The van der Waals surface area contributed by atoms with E-state index in [-0.39, 0.29) is 0 Å². The highest BCUT2D eigenvalue weighted by Gasteiger charge is 2.00. The van der Waals surface area contributed by atoms with Crippen LogP contribution in [0.3, 0.4) is 0 Å². The molecule has 0 amide bonds. The smallest absolute Gasteiger partial charge is 0.131 e. The molecule has 22 heavy (non-hydrogen) atoms. The summed E-state index contributed by atoms with van der Waals surface area (Å²) in [5.41, 5.74) is 1.21. The lowest BCUT2D eigenvalue weighted by molar-refractivity contribution is 0.606. The zero-order chi connectivity index (χ0) is 15.8. The van der Waals surface area contributed by atoms with Gasteiger partial charge in [-0.3, -0.25) is 0 Å². The van der Waals surface area contributed by atoms with E-state index in [4.69, 9.17) is 11.6 Å². The summed E-state index contributed by atoms with van der Waals surface area (Å²) in [4.78, 5) is 8.48. The molecule has 5 heteroatoms. The SMILES string of the molecule is CC(C)CCNc1cc(NCCc2cccc(Cl)c2)ncn1. The normalized spacial score (nSPS) is 10.7. The van der Waals surface area contributed by atoms with Crippen LogP contribution in [0, 0.1) is 5.92 Å². The number of hydrogen-bond acceptors (Lipinski definition) is 4. The monoisotopic (exact) mass is 318 g/mol. The molecule has 0 aliphatic heterocycles. The molecule has 118 valence electrons. The van der Waals surface area contributed by atoms with Gasteiger partial charge in [-0.25, -0.2) is 9.97 Å². The molecular weight excluding hydrogens is 296 g/mol. The van der Waals surface area contributed by atoms with Crippen LogP contribution >= 0.6 is 11.6 Å². The highest BCUT2D eigenvalue weighted by atomic mass is 35.5. The molecule has 2 rings (SSSR count). The van der Waals surface area contributed by atoms with Gasteiger partial charge in [-0.2, -0.15) is 0 Å². The van der Waals surface area contributed by atoms with E-state index in [0.29, 0.717) is 5.92 Å². The summed E-state index contributed by atoms with van der Waals surface area (Å²) < 4.78 is 0. The van der Waals surface area contributed by atoms with Crippen molar-refractivity contribution >= 4 is 23.2 Å². The largest absolute Gasteiger partial charge is 0.370 e. The Balaban J connectivity index is 1.80. The molecule has 0 saturated heterocycles. The third kappa shape index (κ3) is 5.90. The highest BCUT2D eigenvalue weighted by molar-refractivity contribution is 6.30. The van der Waals surface area contributed by atoms with Gasteiger partial charge in [0.05, 0.1) is 0 Å². The summed E-state index contributed by atoms with van der Waals surface area (Å²) in [6.07, 6.45) is 3.61. The molecular formula is C17H23ClN4. The van der Waals surface area contributed by atoms with Crippen molar-refractivity contribution in [1.29, 1.82) is 0 Å². The van der Waals surface area contributed by atoms with Crippen LogP contribution < -0.4 is 10.6 Å². The van der Waals surface area contributed by atoms with Crippen LogP contribution in [0.4, 0.5) is 11.6 Å². The summed E-state index contributed by atoms with van der Waals surface area (Å²) >= 11 is 5.98. The number of aromatic nitrogens is 2. The van der Waals surface area contributed by atoms with Crippen LogP contribution in [-0.4, -0.2) is 23.1 Å². The molecule has 1 aromatic heterocycles. The minimum atomic E-state index is 0.685. The Morgan fingerprint density at radius 1 is 1.05 bits per heavy atom. The first-order valence-electron chi connectivity index (χ1n) is 7.67. The first-order chi connectivity index (χ1) is 10.6. The van der Waals surface area contributed by atoms with E-state index < -0.39 is 0 Å². The number of benzene rings is 1. The molecule has 4 nitrogen and oxygen atoms in total. The molecule has 2 aromatic rings. The Morgan fingerprint density at radius 2 is 1.77 bits per heavy atom. The Hall–Kier alpha value is -1.81. The molecule has 1 heterocycles. The molecule has 0 atom stereocenters. The lowest BCUT2D eigenvalue weighted by Crippen LogP contribution is -2.09. The van der Waals surface area contributed by atoms with Gasteiger partial charge >= 0.3 is 0 Å². The zero-order valence-corrected chi connectivity index (χ0v) is 13.9. The number of nitrogens with one attached hydrogen (secondary N) is 2. The second kappa shape index (κ2) is 8.59. The first-order valence-corrected chi connectivity index (χ1v) is 8.05. The van der Waals surface area contributed by atoms with E-state index in [1.807, 2.05) is 24.3 Å². The fourth-order valence-corrected chi connectivity index (χ4v) is 2.28. The summed E-state index contributed by atoms with van der Waals surface area (Å²) in [5, 5.41) is 7.42. The van der Waals surface area contributed by atoms with E-state index in [2.05, 4.69) is 40.5 Å². The number of nitrogens with zero attached hydrogens (tertiary/aromatic N) is 2. The van der Waals surface area contributed by atoms with Gasteiger partial charge < -0.3 is 10.6 Å². The van der Waals surface area contributed by atoms with Crippen LogP contribution in [0.2, 0.25) is 5.02 Å². The van der Waals surface area contributed by atoms with Gasteiger partial charge in [-0.1, -0.05) is 37.6 Å². The first kappa shape index (κ1) is 16.6. The van der Waals surface area contributed by atoms with Crippen LogP contribution in [0.1, 0.15) is 25.8 Å². The fourth-order valence-electron chi connectivity index (χ4n) is 2.07. The Labute approximate surface area is 137 Å². The van der Waals surface area contributed by atoms with E-state index in [0.717, 1.165) is 42.6 Å². The van der Waals surface area contributed by atoms with Crippen molar-refractivity contribution in [3.8, 4) is 0 Å². The van der Waals surface area contributed by atoms with Gasteiger partial charge in [-0.15, -0.1) is 0 Å². The van der Waals surface area contributed by atoms with Crippen LogP contribution in [0.15, 0.2) is 36.7 Å². The predicted octanol–water partition coefficient (Wildman–Crippen LogP) is 4.24. The molecule has 0 saturated carbocycles. The zero-order valence-electron chi connectivity index (χ0n) is 13.1. The Bertz CT molecular complexity index is 586. The minimum Gasteiger partial charge on any atom is -0.370 e. The highest BCUT2D eigenvalue weighted by Crippen LogP contribution is 2.12. The van der Waals surface area contributed by atoms with Gasteiger partial charge in [-0.05, 0) is 36.5 Å². The lowest BCUT2D eigenvalue weighted by atomic mass is 10.1. The van der Waals surface area contributed by atoms with Crippen molar-refractivity contribution in [1.82, 2.24) is 9.97 Å². The molecule has 0 bridgehead atoms. The van der Waals surface area contributed by atoms with Gasteiger partial charge in [0, 0.05) is 24.2 Å². The summed E-state index contributed by atoms with van der Waals surface area (Å²) in [5.74, 6) is 2.38. The summed E-state index contributed by atoms with van der Waals surface area (Å²) in [6.45, 7) is 6.16. The van der Waals surface area contributed by atoms with Gasteiger partial charge in [0.15, 0.2) is 0 Å². The van der Waals surface area contributed by atoms with Crippen molar-refractivity contribution in [3.63, 3.8) is 0 Å². The maximum absolute atomic E-state index is 5.98. The van der Waals surface area contributed by atoms with Crippen molar-refractivity contribution in [2.45, 2.75) is 26.7 Å². The Morgan fingerprint density at radius 3 is 2.45 bits per heavy atom. The van der Waals surface area contributed by atoms with Gasteiger partial charge in [0.1, 0.15) is 18.0 Å². The van der Waals surface area contributed by atoms with Crippen LogP contribution in [0.25, 0.3) is 0 Å². The number of halogens is 1. The van der Waals surface area contributed by atoms with Crippen molar-refractivity contribution in [2.75, 3.05) is 23.7 Å². The average Bonchev–Trinajstić information content (AvgIpc) is 2.47. The number of rotatable bonds is 8. The van der Waals surface area contributed by atoms with Crippen molar-refractivity contribution < 1.29 is 0 Å². The minimum absolute atomic E-state index is 0.685. The molecule has 0 radical (unpaired) electrons. The molecule has 0 unspecified atom stereocenters. The molecule has 0 aliphatic carbocycles. The fraction of sp³-hybridized carbons (Fsp3) is 0.412. The molecule has 1 aromatic carbocycles. The quantitative estimate of drug-likeness (QED) is 0.764. The molecule has 2 N–H and O–H groups in total. The molecule has 0 spiro atoms. The Kier molecular flexibility index (Phi) is 6.46. The second-order valence-corrected chi connectivity index (χ2v) is 6.14. The van der Waals surface area contributed by atoms with E-state index in [1.54, 1.807) is 6.33 Å². The molecule has 0 fully saturated rings. The van der Waals surface area contributed by atoms with Gasteiger partial charge in [0.25, 0.3) is 0 Å². The van der Waals surface area contributed by atoms with E-state index in [1.165, 1.54) is 5.56 Å².